The highest BCUT2D eigenvalue weighted by Gasteiger charge is 2.36. The van der Waals surface area contributed by atoms with Crippen LogP contribution in [0.2, 0.25) is 0 Å². The fourth-order valence-electron chi connectivity index (χ4n) is 6.24. The largest absolute Gasteiger partial charge is 0.573 e. The fourth-order valence-corrected chi connectivity index (χ4v) is 6.24. The smallest absolute Gasteiger partial charge is 0.406 e. The topological polar surface area (TPSA) is 58.6 Å². The van der Waals surface area contributed by atoms with Crippen molar-refractivity contribution < 1.29 is 17.9 Å². The number of halogens is 3. The molecule has 8 heteroatoms. The minimum atomic E-state index is -4.79. The summed E-state index contributed by atoms with van der Waals surface area (Å²) in [5.74, 6) is 0.0723. The van der Waals surface area contributed by atoms with Crippen molar-refractivity contribution >= 4 is 17.1 Å². The fraction of sp³-hybridized carbons (Fsp3) is 0.290. The average molecular weight is 533 g/mol. The number of nitrogens with one attached hydrogen (secondary N) is 1. The number of benzene rings is 3. The molecule has 1 aliphatic heterocycles. The maximum Gasteiger partial charge on any atom is 0.573 e. The van der Waals surface area contributed by atoms with Crippen LogP contribution in [0.3, 0.4) is 0 Å². The monoisotopic (exact) mass is 532 g/mol. The van der Waals surface area contributed by atoms with Crippen LogP contribution in [0.5, 0.6) is 5.75 Å². The lowest BCUT2D eigenvalue weighted by Gasteiger charge is -2.40. The van der Waals surface area contributed by atoms with Gasteiger partial charge in [0.1, 0.15) is 17.1 Å². The number of nitrogens with zero attached hydrogens (tertiary/aromatic N) is 1. The lowest BCUT2D eigenvalue weighted by atomic mass is 9.75. The van der Waals surface area contributed by atoms with Crippen molar-refractivity contribution in [2.75, 3.05) is 23.3 Å². The number of aryl methyl sites for hydroxylation is 2. The normalized spacial score (nSPS) is 17.8. The zero-order chi connectivity index (χ0) is 27.1. The van der Waals surface area contributed by atoms with Crippen LogP contribution in [-0.2, 0) is 12.8 Å². The molecule has 1 saturated heterocycles. The van der Waals surface area contributed by atoms with Gasteiger partial charge in [0.2, 0.25) is 0 Å². The maximum atomic E-state index is 12.8. The number of ether oxygens (including phenoxy) is 1. The number of hydrogen-bond acceptors (Lipinski definition) is 5. The first-order chi connectivity index (χ1) is 18.8. The lowest BCUT2D eigenvalue weighted by molar-refractivity contribution is -0.274. The van der Waals surface area contributed by atoms with E-state index in [2.05, 4.69) is 58.6 Å². The predicted octanol–water partition coefficient (Wildman–Crippen LogP) is 6.07. The summed E-state index contributed by atoms with van der Waals surface area (Å²) in [5.41, 5.74) is 5.17. The third-order valence-corrected chi connectivity index (χ3v) is 7.93. The van der Waals surface area contributed by atoms with Crippen LogP contribution >= 0.6 is 0 Å². The van der Waals surface area contributed by atoms with Gasteiger partial charge in [0, 0.05) is 24.7 Å². The van der Waals surface area contributed by atoms with Gasteiger partial charge in [-0.3, -0.25) is 9.59 Å². The van der Waals surface area contributed by atoms with Gasteiger partial charge in [-0.25, -0.2) is 0 Å². The highest BCUT2D eigenvalue weighted by molar-refractivity contribution is 5.80. The van der Waals surface area contributed by atoms with Crippen LogP contribution in [0.15, 0.2) is 82.4 Å². The summed E-state index contributed by atoms with van der Waals surface area (Å²) in [7, 11) is 0. The molecule has 0 radical (unpaired) electrons. The molecule has 39 heavy (non-hydrogen) atoms. The number of piperidine rings is 1. The van der Waals surface area contributed by atoms with Gasteiger partial charge in [-0.15, -0.1) is 13.2 Å². The molecule has 1 aliphatic carbocycles. The molecule has 2 aliphatic rings. The molecule has 4 aromatic carbocycles. The molecule has 0 bridgehead atoms. The molecule has 6 rings (SSSR count). The predicted molar refractivity (Wildman–Crippen MR) is 145 cm³/mol. The van der Waals surface area contributed by atoms with Crippen molar-refractivity contribution in [1.29, 1.82) is 0 Å². The van der Waals surface area contributed by atoms with Gasteiger partial charge in [0.25, 0.3) is 10.9 Å². The Morgan fingerprint density at radius 3 is 2.05 bits per heavy atom. The molecule has 0 aromatic heterocycles. The quantitative estimate of drug-likeness (QED) is 0.316. The van der Waals surface area contributed by atoms with Crippen LogP contribution in [0.25, 0.3) is 0 Å². The van der Waals surface area contributed by atoms with E-state index in [0.717, 1.165) is 25.7 Å². The first-order valence-corrected chi connectivity index (χ1v) is 13.1. The van der Waals surface area contributed by atoms with Crippen molar-refractivity contribution in [3.05, 3.63) is 115 Å². The van der Waals surface area contributed by atoms with Crippen LogP contribution in [-0.4, -0.2) is 19.5 Å². The van der Waals surface area contributed by atoms with Gasteiger partial charge in [-0.1, -0.05) is 48.5 Å². The summed E-state index contributed by atoms with van der Waals surface area (Å²) in [6.45, 7) is 1.29. The summed E-state index contributed by atoms with van der Waals surface area (Å²) >= 11 is 0. The van der Waals surface area contributed by atoms with Gasteiger partial charge >= 0.3 is 6.36 Å². The maximum absolute atomic E-state index is 12.8. The van der Waals surface area contributed by atoms with Gasteiger partial charge in [-0.2, -0.15) is 0 Å². The molecule has 0 spiro atoms. The molecule has 0 saturated carbocycles. The van der Waals surface area contributed by atoms with Gasteiger partial charge in [0.05, 0.1) is 0 Å². The van der Waals surface area contributed by atoms with Gasteiger partial charge < -0.3 is 15.0 Å². The third kappa shape index (κ3) is 4.91. The molecule has 4 aromatic rings. The van der Waals surface area contributed by atoms with Crippen molar-refractivity contribution in [2.24, 2.45) is 5.92 Å². The molecule has 1 heterocycles. The molecule has 5 nitrogen and oxygen atoms in total. The molecular formula is C31H27F3N2O3. The van der Waals surface area contributed by atoms with Crippen LogP contribution in [0.4, 0.5) is 30.2 Å². The SMILES string of the molecule is O=c1c(Nc2ccc(OC(F)(F)F)cc2)c(N2CCCC(C3c4ccccc4CCc4ccccc43)C2)c1=O. The molecule has 1 N–H and O–H groups in total. The van der Waals surface area contributed by atoms with Crippen LogP contribution in [0.1, 0.15) is 41.0 Å². The first-order valence-electron chi connectivity index (χ1n) is 13.1. The van der Waals surface area contributed by atoms with Crippen molar-refractivity contribution in [1.82, 2.24) is 0 Å². The Kier molecular flexibility index (Phi) is 6.41. The van der Waals surface area contributed by atoms with Crippen molar-refractivity contribution in [2.45, 2.75) is 38.0 Å². The van der Waals surface area contributed by atoms with E-state index >= 15 is 0 Å². The Morgan fingerprint density at radius 2 is 1.44 bits per heavy atom. The van der Waals surface area contributed by atoms with E-state index in [1.165, 1.54) is 46.5 Å². The molecule has 0 amide bonds. The second-order valence-corrected chi connectivity index (χ2v) is 10.3. The average Bonchev–Trinajstić information content (AvgIpc) is 3.10. The van der Waals surface area contributed by atoms with Crippen molar-refractivity contribution in [3.8, 4) is 5.75 Å². The standard InChI is InChI=1S/C31H27F3N2O3/c32-31(33,34)39-23-15-13-22(14-16-23)35-27-28(30(38)29(27)37)36-17-5-8-21(18-36)26-24-9-3-1-6-19(24)11-12-20-7-2-4-10-25(20)26/h1-4,6-7,9-10,13-16,21,26,35H,5,8,11-12,17-18H2. The van der Waals surface area contributed by atoms with Gasteiger partial charge in [-0.05, 0) is 78.1 Å². The molecular weight excluding hydrogens is 505 g/mol. The Balaban J connectivity index is 1.28. The van der Waals surface area contributed by atoms with Gasteiger partial charge in [0.15, 0.2) is 0 Å². The van der Waals surface area contributed by atoms with E-state index in [0.29, 0.717) is 24.5 Å². The minimum Gasteiger partial charge on any atom is -0.406 e. The number of rotatable bonds is 5. The number of hydrogen-bond donors (Lipinski definition) is 1. The van der Waals surface area contributed by atoms with E-state index in [-0.39, 0.29) is 23.3 Å². The number of anilines is 3. The zero-order valence-electron chi connectivity index (χ0n) is 21.1. The highest BCUT2D eigenvalue weighted by atomic mass is 19.4. The molecule has 200 valence electrons. The Labute approximate surface area is 223 Å². The molecule has 1 unspecified atom stereocenters. The number of alkyl halides is 3. The minimum absolute atomic E-state index is 0.187. The molecule has 1 fully saturated rings. The summed E-state index contributed by atoms with van der Waals surface area (Å²) in [4.78, 5) is 27.3. The Hall–Kier alpha value is -4.07. The summed E-state index contributed by atoms with van der Waals surface area (Å²) < 4.78 is 41.4. The number of fused-ring (bicyclic) bond motifs is 2. The Bertz CT molecular complexity index is 1520. The van der Waals surface area contributed by atoms with Crippen molar-refractivity contribution in [3.63, 3.8) is 0 Å². The third-order valence-electron chi connectivity index (χ3n) is 7.93. The van der Waals surface area contributed by atoms with Crippen LogP contribution < -0.4 is 25.8 Å². The first kappa shape index (κ1) is 25.2. The second kappa shape index (κ2) is 9.91. The molecule has 1 atom stereocenters. The van der Waals surface area contributed by atoms with Crippen LogP contribution in [0, 0.1) is 5.92 Å². The van der Waals surface area contributed by atoms with E-state index < -0.39 is 17.2 Å². The van der Waals surface area contributed by atoms with E-state index in [4.69, 9.17) is 0 Å². The lowest BCUT2D eigenvalue weighted by Crippen LogP contribution is -2.47. The summed E-state index contributed by atoms with van der Waals surface area (Å²) in [5, 5.41) is 2.96. The van der Waals surface area contributed by atoms with E-state index in [1.807, 2.05) is 4.90 Å². The highest BCUT2D eigenvalue weighted by Crippen LogP contribution is 2.43. The van der Waals surface area contributed by atoms with E-state index in [9.17, 15) is 22.8 Å². The second-order valence-electron chi connectivity index (χ2n) is 10.3. The Morgan fingerprint density at radius 1 is 0.821 bits per heavy atom. The summed E-state index contributed by atoms with van der Waals surface area (Å²) in [6, 6.07) is 22.3. The summed E-state index contributed by atoms with van der Waals surface area (Å²) in [6.07, 6.45) is -0.932. The zero-order valence-corrected chi connectivity index (χ0v) is 21.1. The van der Waals surface area contributed by atoms with E-state index in [1.54, 1.807) is 0 Å².